The maximum atomic E-state index is 12.3. The van der Waals surface area contributed by atoms with E-state index < -0.39 is 0 Å². The molecule has 0 aliphatic rings. The lowest BCUT2D eigenvalue weighted by Crippen LogP contribution is -2.22. The van der Waals surface area contributed by atoms with Crippen molar-refractivity contribution in [3.63, 3.8) is 0 Å². The molecule has 0 saturated carbocycles. The van der Waals surface area contributed by atoms with Crippen molar-refractivity contribution in [3.05, 3.63) is 47.5 Å². The normalized spacial score (nSPS) is 11.7. The third kappa shape index (κ3) is 4.81. The van der Waals surface area contributed by atoms with Gasteiger partial charge in [0.2, 0.25) is 5.91 Å². The average Bonchev–Trinajstić information content (AvgIpc) is 2.55. The largest absolute Gasteiger partial charge is 0.497 e. The molecular weight excluding hydrogens is 334 g/mol. The van der Waals surface area contributed by atoms with Crippen molar-refractivity contribution >= 4 is 35.0 Å². The van der Waals surface area contributed by atoms with Gasteiger partial charge in [0.05, 0.1) is 24.5 Å². The zero-order chi connectivity index (χ0) is 16.8. The first kappa shape index (κ1) is 17.5. The van der Waals surface area contributed by atoms with Crippen LogP contribution < -0.4 is 14.8 Å². The monoisotopic (exact) mass is 351 g/mol. The fourth-order valence-electron chi connectivity index (χ4n) is 1.92. The minimum Gasteiger partial charge on any atom is -0.497 e. The highest BCUT2D eigenvalue weighted by Gasteiger charge is 2.15. The van der Waals surface area contributed by atoms with Crippen LogP contribution in [-0.2, 0) is 4.79 Å². The molecule has 0 bridgehead atoms. The first-order valence-corrected chi connectivity index (χ1v) is 8.24. The number of carbonyl (C=O) groups is 1. The van der Waals surface area contributed by atoms with E-state index in [9.17, 15) is 4.79 Å². The van der Waals surface area contributed by atoms with Gasteiger partial charge >= 0.3 is 0 Å². The van der Waals surface area contributed by atoms with Gasteiger partial charge in [-0.2, -0.15) is 0 Å². The lowest BCUT2D eigenvalue weighted by molar-refractivity contribution is -0.115. The summed E-state index contributed by atoms with van der Waals surface area (Å²) in [4.78, 5) is 13.3. The smallest absolute Gasteiger partial charge is 0.237 e. The van der Waals surface area contributed by atoms with E-state index in [0.29, 0.717) is 16.5 Å². The molecule has 23 heavy (non-hydrogen) atoms. The molecule has 4 nitrogen and oxygen atoms in total. The molecule has 2 rings (SSSR count). The molecule has 0 heterocycles. The summed E-state index contributed by atoms with van der Waals surface area (Å²) < 4.78 is 10.3. The highest BCUT2D eigenvalue weighted by Crippen LogP contribution is 2.29. The quantitative estimate of drug-likeness (QED) is 0.780. The Morgan fingerprint density at radius 2 is 1.96 bits per heavy atom. The molecule has 6 heteroatoms. The number of rotatable bonds is 6. The number of halogens is 1. The van der Waals surface area contributed by atoms with Gasteiger partial charge in [-0.15, -0.1) is 11.8 Å². The van der Waals surface area contributed by atoms with E-state index in [0.717, 1.165) is 10.6 Å². The van der Waals surface area contributed by atoms with Gasteiger partial charge in [-0.1, -0.05) is 17.7 Å². The Morgan fingerprint density at radius 1 is 1.17 bits per heavy atom. The molecule has 1 atom stereocenters. The summed E-state index contributed by atoms with van der Waals surface area (Å²) in [6.07, 6.45) is 0. The minimum atomic E-state index is -0.261. The lowest BCUT2D eigenvalue weighted by atomic mass is 10.3. The van der Waals surface area contributed by atoms with Gasteiger partial charge in [0, 0.05) is 10.6 Å². The molecule has 0 radical (unpaired) electrons. The number of benzene rings is 2. The summed E-state index contributed by atoms with van der Waals surface area (Å²) in [6, 6.07) is 12.8. The summed E-state index contributed by atoms with van der Waals surface area (Å²) in [7, 11) is 3.17. The third-order valence-corrected chi connectivity index (χ3v) is 4.53. The van der Waals surface area contributed by atoms with E-state index in [1.807, 2.05) is 31.2 Å². The SMILES string of the molecule is COc1cccc(SC(C)C(=O)Nc2ccc(OC)c(Cl)c2)c1. The van der Waals surface area contributed by atoms with Crippen LogP contribution in [0.15, 0.2) is 47.4 Å². The number of amides is 1. The molecular formula is C17H18ClNO3S. The average molecular weight is 352 g/mol. The molecule has 0 spiro atoms. The van der Waals surface area contributed by atoms with E-state index >= 15 is 0 Å². The standard InChI is InChI=1S/C17H18ClNO3S/c1-11(23-14-6-4-5-13(10-14)21-2)17(20)19-12-7-8-16(22-3)15(18)9-12/h4-11H,1-3H3,(H,19,20). The Labute approximate surface area is 145 Å². The summed E-state index contributed by atoms with van der Waals surface area (Å²) in [5, 5.41) is 3.05. The summed E-state index contributed by atoms with van der Waals surface area (Å²) in [5.41, 5.74) is 0.638. The van der Waals surface area contributed by atoms with Crippen molar-refractivity contribution in [2.24, 2.45) is 0 Å². The Kier molecular flexibility index (Phi) is 6.19. The number of hydrogen-bond acceptors (Lipinski definition) is 4. The number of anilines is 1. The molecule has 0 saturated heterocycles. The first-order valence-electron chi connectivity index (χ1n) is 6.98. The second-order valence-electron chi connectivity index (χ2n) is 4.78. The topological polar surface area (TPSA) is 47.6 Å². The van der Waals surface area contributed by atoms with E-state index in [-0.39, 0.29) is 11.2 Å². The van der Waals surface area contributed by atoms with Crippen LogP contribution in [0, 0.1) is 0 Å². The molecule has 1 unspecified atom stereocenters. The van der Waals surface area contributed by atoms with Crippen LogP contribution in [0.25, 0.3) is 0 Å². The van der Waals surface area contributed by atoms with Crippen LogP contribution in [0.1, 0.15) is 6.92 Å². The lowest BCUT2D eigenvalue weighted by Gasteiger charge is -2.13. The van der Waals surface area contributed by atoms with E-state index in [1.165, 1.54) is 11.8 Å². The zero-order valence-corrected chi connectivity index (χ0v) is 14.7. The van der Waals surface area contributed by atoms with Gasteiger partial charge in [-0.25, -0.2) is 0 Å². The fourth-order valence-corrected chi connectivity index (χ4v) is 3.09. The van der Waals surface area contributed by atoms with E-state index in [1.54, 1.807) is 32.4 Å². The van der Waals surface area contributed by atoms with Crippen LogP contribution in [0.4, 0.5) is 5.69 Å². The second kappa shape index (κ2) is 8.13. The van der Waals surface area contributed by atoms with E-state index in [4.69, 9.17) is 21.1 Å². The molecule has 0 aliphatic carbocycles. The van der Waals surface area contributed by atoms with Gasteiger partial charge in [0.25, 0.3) is 0 Å². The Balaban J connectivity index is 2.00. The summed E-state index contributed by atoms with van der Waals surface area (Å²) in [6.45, 7) is 1.85. The number of nitrogens with one attached hydrogen (secondary N) is 1. The second-order valence-corrected chi connectivity index (χ2v) is 6.60. The molecule has 1 N–H and O–H groups in total. The van der Waals surface area contributed by atoms with Crippen molar-refractivity contribution in [3.8, 4) is 11.5 Å². The Hall–Kier alpha value is -1.85. The zero-order valence-electron chi connectivity index (χ0n) is 13.1. The molecule has 0 fully saturated rings. The van der Waals surface area contributed by atoms with Crippen molar-refractivity contribution in [1.82, 2.24) is 0 Å². The highest BCUT2D eigenvalue weighted by molar-refractivity contribution is 8.00. The Morgan fingerprint density at radius 3 is 2.61 bits per heavy atom. The predicted molar refractivity (Wildman–Crippen MR) is 94.9 cm³/mol. The minimum absolute atomic E-state index is 0.0981. The summed E-state index contributed by atoms with van der Waals surface area (Å²) >= 11 is 7.52. The van der Waals surface area contributed by atoms with E-state index in [2.05, 4.69) is 5.32 Å². The number of ether oxygens (including phenoxy) is 2. The highest BCUT2D eigenvalue weighted by atomic mass is 35.5. The molecule has 1 amide bonds. The number of carbonyl (C=O) groups excluding carboxylic acids is 1. The summed E-state index contributed by atoms with van der Waals surface area (Å²) in [5.74, 6) is 1.24. The van der Waals surface area contributed by atoms with Crippen molar-refractivity contribution in [1.29, 1.82) is 0 Å². The molecule has 0 aliphatic heterocycles. The van der Waals surface area contributed by atoms with Crippen LogP contribution in [0.5, 0.6) is 11.5 Å². The van der Waals surface area contributed by atoms with Crippen LogP contribution in [0.3, 0.4) is 0 Å². The van der Waals surface area contributed by atoms with Crippen molar-refractivity contribution in [2.45, 2.75) is 17.1 Å². The molecule has 122 valence electrons. The first-order chi connectivity index (χ1) is 11.0. The van der Waals surface area contributed by atoms with Gasteiger partial charge in [0.15, 0.2) is 0 Å². The maximum Gasteiger partial charge on any atom is 0.237 e. The van der Waals surface area contributed by atoms with Gasteiger partial charge < -0.3 is 14.8 Å². The fraction of sp³-hybridized carbons (Fsp3) is 0.235. The third-order valence-electron chi connectivity index (χ3n) is 3.14. The van der Waals surface area contributed by atoms with Crippen molar-refractivity contribution < 1.29 is 14.3 Å². The maximum absolute atomic E-state index is 12.3. The molecule has 2 aromatic rings. The molecule has 0 aromatic heterocycles. The van der Waals surface area contributed by atoms with Crippen LogP contribution in [-0.4, -0.2) is 25.4 Å². The van der Waals surface area contributed by atoms with Gasteiger partial charge in [-0.05, 0) is 43.3 Å². The van der Waals surface area contributed by atoms with Gasteiger partial charge in [0.1, 0.15) is 11.5 Å². The number of hydrogen-bond donors (Lipinski definition) is 1. The molecule has 2 aromatic carbocycles. The van der Waals surface area contributed by atoms with Gasteiger partial charge in [-0.3, -0.25) is 4.79 Å². The van der Waals surface area contributed by atoms with Crippen LogP contribution in [0.2, 0.25) is 5.02 Å². The van der Waals surface area contributed by atoms with Crippen LogP contribution >= 0.6 is 23.4 Å². The predicted octanol–water partition coefficient (Wildman–Crippen LogP) is 4.48. The van der Waals surface area contributed by atoms with Crippen molar-refractivity contribution in [2.75, 3.05) is 19.5 Å². The number of thioether (sulfide) groups is 1. The number of methoxy groups -OCH3 is 2. The Bertz CT molecular complexity index is 693.